The molecule has 2 N–H and O–H groups in total. The fraction of sp³-hybridized carbons (Fsp3) is 0.188. The number of halogens is 1. The summed E-state index contributed by atoms with van der Waals surface area (Å²) in [5.41, 5.74) is 1.04. The lowest BCUT2D eigenvalue weighted by molar-refractivity contribution is -0.131. The summed E-state index contributed by atoms with van der Waals surface area (Å²) < 4.78 is 18.3. The van der Waals surface area contributed by atoms with Crippen molar-refractivity contribution in [2.75, 3.05) is 0 Å². The minimum absolute atomic E-state index is 0.0290. The highest BCUT2D eigenvalue weighted by Gasteiger charge is 2.29. The highest BCUT2D eigenvalue weighted by atomic mass is 19.1. The fourth-order valence-corrected chi connectivity index (χ4v) is 2.23. The topological polar surface area (TPSA) is 101 Å². The minimum atomic E-state index is -1.18. The van der Waals surface area contributed by atoms with Crippen LogP contribution in [-0.4, -0.2) is 28.8 Å². The van der Waals surface area contributed by atoms with Crippen molar-refractivity contribution >= 4 is 17.6 Å². The number of aromatic carboxylic acids is 1. The Hall–Kier alpha value is -3.16. The molecule has 0 aliphatic carbocycles. The predicted molar refractivity (Wildman–Crippen MR) is 79.9 cm³/mol. The third-order valence-electron chi connectivity index (χ3n) is 3.43. The molecule has 7 nitrogen and oxygen atoms in total. The molecule has 124 valence electrons. The summed E-state index contributed by atoms with van der Waals surface area (Å²) in [7, 11) is 0. The second-order valence-electron chi connectivity index (χ2n) is 5.14. The molecule has 24 heavy (non-hydrogen) atoms. The van der Waals surface area contributed by atoms with Gasteiger partial charge in [-0.15, -0.1) is 0 Å². The monoisotopic (exact) mass is 332 g/mol. The van der Waals surface area contributed by atoms with E-state index in [9.17, 15) is 14.0 Å². The lowest BCUT2D eigenvalue weighted by atomic mass is 10.0. The number of furan rings is 1. The van der Waals surface area contributed by atoms with E-state index in [0.29, 0.717) is 17.0 Å². The van der Waals surface area contributed by atoms with E-state index in [-0.39, 0.29) is 18.7 Å². The van der Waals surface area contributed by atoms with Crippen molar-refractivity contribution in [3.05, 3.63) is 59.3 Å². The molecule has 1 aromatic heterocycles. The number of hydrogen-bond acceptors (Lipinski definition) is 5. The Kier molecular flexibility index (Phi) is 4.28. The molecule has 8 heteroatoms. The zero-order valence-corrected chi connectivity index (χ0v) is 12.4. The van der Waals surface area contributed by atoms with E-state index in [2.05, 4.69) is 10.5 Å². The Balaban J connectivity index is 1.54. The van der Waals surface area contributed by atoms with Gasteiger partial charge < -0.3 is 19.7 Å². The number of nitrogens with zero attached hydrogens (tertiary/aromatic N) is 1. The number of benzene rings is 1. The summed E-state index contributed by atoms with van der Waals surface area (Å²) in [6, 6.07) is 8.64. The number of carboxylic acid groups (broad SMARTS) is 1. The first-order valence-corrected chi connectivity index (χ1v) is 7.11. The molecule has 0 radical (unpaired) electrons. The van der Waals surface area contributed by atoms with Gasteiger partial charge in [-0.05, 0) is 24.3 Å². The van der Waals surface area contributed by atoms with Gasteiger partial charge in [0, 0.05) is 12.0 Å². The molecule has 0 bridgehead atoms. The summed E-state index contributed by atoms with van der Waals surface area (Å²) in [5.74, 6) is -1.88. The van der Waals surface area contributed by atoms with Crippen LogP contribution in [0.5, 0.6) is 0 Å². The molecule has 1 aliphatic rings. The van der Waals surface area contributed by atoms with Crippen LogP contribution in [0.3, 0.4) is 0 Å². The zero-order chi connectivity index (χ0) is 17.1. The first kappa shape index (κ1) is 15.7. The number of carboxylic acids is 1. The highest BCUT2D eigenvalue weighted by Crippen LogP contribution is 2.18. The van der Waals surface area contributed by atoms with Gasteiger partial charge in [-0.2, -0.15) is 0 Å². The molecule has 0 saturated carbocycles. The summed E-state index contributed by atoms with van der Waals surface area (Å²) in [5, 5.41) is 15.2. The Labute approximate surface area is 135 Å². The van der Waals surface area contributed by atoms with Gasteiger partial charge in [0.1, 0.15) is 11.6 Å². The average Bonchev–Trinajstić information content (AvgIpc) is 3.22. The molecule has 0 saturated heterocycles. The smallest absolute Gasteiger partial charge is 0.371 e. The van der Waals surface area contributed by atoms with Gasteiger partial charge in [-0.1, -0.05) is 17.3 Å². The summed E-state index contributed by atoms with van der Waals surface area (Å²) >= 11 is 0. The highest BCUT2D eigenvalue weighted by molar-refractivity contribution is 6.04. The summed E-state index contributed by atoms with van der Waals surface area (Å²) in [6.07, 6.45) is -0.606. The van der Waals surface area contributed by atoms with Crippen LogP contribution in [0, 0.1) is 5.82 Å². The van der Waals surface area contributed by atoms with Gasteiger partial charge in [0.05, 0.1) is 12.3 Å². The van der Waals surface area contributed by atoms with Crippen LogP contribution in [0.25, 0.3) is 0 Å². The third kappa shape index (κ3) is 3.43. The molecular formula is C16H13FN2O5. The number of carbonyl (C=O) groups is 2. The van der Waals surface area contributed by atoms with Crippen molar-refractivity contribution in [2.45, 2.75) is 19.1 Å². The van der Waals surface area contributed by atoms with Gasteiger partial charge >= 0.3 is 5.97 Å². The fourth-order valence-electron chi connectivity index (χ4n) is 2.23. The molecule has 1 unspecified atom stereocenters. The van der Waals surface area contributed by atoms with E-state index >= 15 is 0 Å². The number of carbonyl (C=O) groups excluding carboxylic acids is 1. The van der Waals surface area contributed by atoms with Crippen molar-refractivity contribution in [1.29, 1.82) is 0 Å². The van der Waals surface area contributed by atoms with Crippen LogP contribution in [0.4, 0.5) is 4.39 Å². The molecule has 3 rings (SSSR count). The number of oxime groups is 1. The molecule has 1 atom stereocenters. The molecule has 1 aliphatic heterocycles. The molecular weight excluding hydrogens is 319 g/mol. The van der Waals surface area contributed by atoms with E-state index in [1.807, 2.05) is 0 Å². The Morgan fingerprint density at radius 3 is 2.88 bits per heavy atom. The van der Waals surface area contributed by atoms with Crippen molar-refractivity contribution in [3.63, 3.8) is 0 Å². The van der Waals surface area contributed by atoms with Crippen molar-refractivity contribution in [1.82, 2.24) is 5.32 Å². The van der Waals surface area contributed by atoms with Crippen LogP contribution in [0.15, 0.2) is 46.0 Å². The standard InChI is InChI=1S/C16H13FN2O5/c17-10-3-1-2-9(6-10)12-7-14(24-19-12)15(20)18-8-11-4-5-13(23-11)16(21)22/h1-6,14H,7-8H2,(H,18,20)(H,21,22). The number of nitrogens with one attached hydrogen (secondary N) is 1. The average molecular weight is 332 g/mol. The van der Waals surface area contributed by atoms with E-state index in [0.717, 1.165) is 0 Å². The van der Waals surface area contributed by atoms with E-state index < -0.39 is 23.8 Å². The lowest BCUT2D eigenvalue weighted by Crippen LogP contribution is -2.34. The second-order valence-corrected chi connectivity index (χ2v) is 5.14. The molecule has 2 heterocycles. The van der Waals surface area contributed by atoms with Crippen LogP contribution >= 0.6 is 0 Å². The predicted octanol–water partition coefficient (Wildman–Crippen LogP) is 1.93. The van der Waals surface area contributed by atoms with Gasteiger partial charge in [0.2, 0.25) is 11.9 Å². The third-order valence-corrected chi connectivity index (χ3v) is 3.43. The normalized spacial score (nSPS) is 16.4. The van der Waals surface area contributed by atoms with E-state index in [1.54, 1.807) is 12.1 Å². The van der Waals surface area contributed by atoms with Gasteiger partial charge in [0.15, 0.2) is 0 Å². The zero-order valence-electron chi connectivity index (χ0n) is 12.4. The molecule has 0 fully saturated rings. The number of hydrogen-bond donors (Lipinski definition) is 2. The second kappa shape index (κ2) is 6.53. The Bertz CT molecular complexity index is 814. The van der Waals surface area contributed by atoms with Crippen LogP contribution in [-0.2, 0) is 16.2 Å². The Morgan fingerprint density at radius 1 is 1.33 bits per heavy atom. The van der Waals surface area contributed by atoms with Crippen LogP contribution in [0.2, 0.25) is 0 Å². The Morgan fingerprint density at radius 2 is 2.17 bits per heavy atom. The maximum absolute atomic E-state index is 13.2. The minimum Gasteiger partial charge on any atom is -0.475 e. The maximum Gasteiger partial charge on any atom is 0.371 e. The van der Waals surface area contributed by atoms with Gasteiger partial charge in [0.25, 0.3) is 5.91 Å². The van der Waals surface area contributed by atoms with Crippen molar-refractivity contribution in [2.24, 2.45) is 5.16 Å². The molecule has 2 aromatic rings. The van der Waals surface area contributed by atoms with Crippen LogP contribution < -0.4 is 5.32 Å². The van der Waals surface area contributed by atoms with Gasteiger partial charge in [-0.25, -0.2) is 9.18 Å². The molecule has 0 spiro atoms. The SMILES string of the molecule is O=C(O)c1ccc(CNC(=O)C2CC(c3cccc(F)c3)=NO2)o1. The lowest BCUT2D eigenvalue weighted by Gasteiger charge is -2.08. The van der Waals surface area contributed by atoms with E-state index in [1.165, 1.54) is 24.3 Å². The van der Waals surface area contributed by atoms with Crippen molar-refractivity contribution in [3.8, 4) is 0 Å². The first-order valence-electron chi connectivity index (χ1n) is 7.11. The molecule has 1 aromatic carbocycles. The number of rotatable bonds is 5. The summed E-state index contributed by atoms with van der Waals surface area (Å²) in [6.45, 7) is 0.0290. The maximum atomic E-state index is 13.2. The molecule has 1 amide bonds. The largest absolute Gasteiger partial charge is 0.475 e. The quantitative estimate of drug-likeness (QED) is 0.871. The first-order chi connectivity index (χ1) is 11.5. The summed E-state index contributed by atoms with van der Waals surface area (Å²) in [4.78, 5) is 27.9. The van der Waals surface area contributed by atoms with Gasteiger partial charge in [-0.3, -0.25) is 4.79 Å². The van der Waals surface area contributed by atoms with Crippen LogP contribution in [0.1, 0.15) is 28.3 Å². The van der Waals surface area contributed by atoms with E-state index in [4.69, 9.17) is 14.4 Å². The number of amides is 1. The van der Waals surface area contributed by atoms with Crippen molar-refractivity contribution < 1.29 is 28.3 Å².